The summed E-state index contributed by atoms with van der Waals surface area (Å²) in [6.07, 6.45) is 1.44. The molecule has 0 amide bonds. The van der Waals surface area contributed by atoms with Crippen molar-refractivity contribution in [1.82, 2.24) is 19.6 Å². The van der Waals surface area contributed by atoms with Crippen LogP contribution in [0, 0.1) is 17.0 Å². The zero-order valence-corrected chi connectivity index (χ0v) is 11.2. The summed E-state index contributed by atoms with van der Waals surface area (Å²) >= 11 is 0. The van der Waals surface area contributed by atoms with Crippen LogP contribution in [-0.4, -0.2) is 24.5 Å². The third-order valence-electron chi connectivity index (χ3n) is 3.00. The molecule has 0 saturated carbocycles. The van der Waals surface area contributed by atoms with Crippen LogP contribution in [0.4, 0.5) is 11.5 Å². The van der Waals surface area contributed by atoms with Crippen molar-refractivity contribution in [1.29, 1.82) is 0 Å². The van der Waals surface area contributed by atoms with Crippen molar-refractivity contribution >= 4 is 17.3 Å². The number of nitrogens with one attached hydrogen (secondary N) is 1. The van der Waals surface area contributed by atoms with E-state index in [0.29, 0.717) is 12.3 Å². The predicted octanol–water partition coefficient (Wildman–Crippen LogP) is 1.95. The standard InChI is InChI=1S/C13H12N6O2/c1-9-6-12(18-13(17-9)15-8-16-18)14-7-10-2-4-11(5-3-10)19(20)21/h2-6,8,14H,7H2,1H3. The average molecular weight is 284 g/mol. The van der Waals surface area contributed by atoms with Gasteiger partial charge in [0.1, 0.15) is 12.1 Å². The fraction of sp³-hybridized carbons (Fsp3) is 0.154. The van der Waals surface area contributed by atoms with E-state index in [2.05, 4.69) is 20.4 Å². The van der Waals surface area contributed by atoms with Crippen molar-refractivity contribution in [3.8, 4) is 0 Å². The Morgan fingerprint density at radius 2 is 2.10 bits per heavy atom. The van der Waals surface area contributed by atoms with Gasteiger partial charge in [-0.2, -0.15) is 14.6 Å². The topological polar surface area (TPSA) is 98.2 Å². The number of benzene rings is 1. The molecule has 0 saturated heterocycles. The third kappa shape index (κ3) is 2.64. The van der Waals surface area contributed by atoms with E-state index in [-0.39, 0.29) is 5.69 Å². The van der Waals surface area contributed by atoms with Gasteiger partial charge in [-0.05, 0) is 12.5 Å². The van der Waals surface area contributed by atoms with Crippen molar-refractivity contribution in [3.63, 3.8) is 0 Å². The lowest BCUT2D eigenvalue weighted by Gasteiger charge is -2.08. The summed E-state index contributed by atoms with van der Waals surface area (Å²) in [5.74, 6) is 1.30. The number of nitro groups is 1. The van der Waals surface area contributed by atoms with Crippen molar-refractivity contribution < 1.29 is 4.92 Å². The van der Waals surface area contributed by atoms with Gasteiger partial charge >= 0.3 is 0 Å². The van der Waals surface area contributed by atoms with Crippen LogP contribution in [0.5, 0.6) is 0 Å². The summed E-state index contributed by atoms with van der Waals surface area (Å²) in [5.41, 5.74) is 1.85. The van der Waals surface area contributed by atoms with Crippen LogP contribution in [-0.2, 0) is 6.54 Å². The van der Waals surface area contributed by atoms with Gasteiger partial charge in [-0.3, -0.25) is 10.1 Å². The molecule has 0 atom stereocenters. The van der Waals surface area contributed by atoms with E-state index >= 15 is 0 Å². The minimum Gasteiger partial charge on any atom is -0.366 e. The molecule has 0 radical (unpaired) electrons. The Labute approximate surface area is 119 Å². The molecule has 0 aliphatic carbocycles. The first-order valence-corrected chi connectivity index (χ1v) is 6.28. The van der Waals surface area contributed by atoms with Gasteiger partial charge < -0.3 is 5.32 Å². The Kier molecular flexibility index (Phi) is 3.19. The molecule has 0 bridgehead atoms. The number of aromatic nitrogens is 4. The molecule has 21 heavy (non-hydrogen) atoms. The minimum absolute atomic E-state index is 0.0807. The number of anilines is 1. The molecule has 8 heteroatoms. The SMILES string of the molecule is Cc1cc(NCc2ccc([N+](=O)[O-])cc2)n2ncnc2n1. The highest BCUT2D eigenvalue weighted by atomic mass is 16.6. The first kappa shape index (κ1) is 13.0. The molecular weight excluding hydrogens is 272 g/mol. The summed E-state index contributed by atoms with van der Waals surface area (Å²) in [7, 11) is 0. The van der Waals surface area contributed by atoms with Crippen molar-refractivity contribution in [2.24, 2.45) is 0 Å². The van der Waals surface area contributed by atoms with Crippen LogP contribution in [0.2, 0.25) is 0 Å². The van der Waals surface area contributed by atoms with Gasteiger partial charge in [-0.1, -0.05) is 12.1 Å². The zero-order valence-electron chi connectivity index (χ0n) is 11.2. The van der Waals surface area contributed by atoms with Gasteiger partial charge in [-0.25, -0.2) is 4.98 Å². The number of hydrogen-bond donors (Lipinski definition) is 1. The lowest BCUT2D eigenvalue weighted by molar-refractivity contribution is -0.384. The molecule has 0 aliphatic heterocycles. The fourth-order valence-electron chi connectivity index (χ4n) is 1.98. The first-order valence-electron chi connectivity index (χ1n) is 6.28. The van der Waals surface area contributed by atoms with Crippen LogP contribution >= 0.6 is 0 Å². The summed E-state index contributed by atoms with van der Waals surface area (Å²) in [6.45, 7) is 2.40. The Hall–Kier alpha value is -3.03. The summed E-state index contributed by atoms with van der Waals surface area (Å²) in [5, 5.41) is 17.9. The molecule has 3 aromatic rings. The second-order valence-corrected chi connectivity index (χ2v) is 4.53. The molecule has 106 valence electrons. The monoisotopic (exact) mass is 284 g/mol. The number of nitrogens with zero attached hydrogens (tertiary/aromatic N) is 5. The predicted molar refractivity (Wildman–Crippen MR) is 75.9 cm³/mol. The van der Waals surface area contributed by atoms with Crippen molar-refractivity contribution in [3.05, 3.63) is 58.0 Å². The first-order chi connectivity index (χ1) is 10.1. The Balaban J connectivity index is 1.80. The van der Waals surface area contributed by atoms with E-state index < -0.39 is 4.92 Å². The maximum atomic E-state index is 10.6. The van der Waals surface area contributed by atoms with Gasteiger partial charge in [0.05, 0.1) is 4.92 Å². The lowest BCUT2D eigenvalue weighted by Crippen LogP contribution is -2.07. The molecule has 1 aromatic carbocycles. The quantitative estimate of drug-likeness (QED) is 0.580. The lowest BCUT2D eigenvalue weighted by atomic mass is 10.2. The number of non-ortho nitro benzene ring substituents is 1. The Bertz CT molecular complexity index is 796. The number of nitro benzene ring substituents is 1. The summed E-state index contributed by atoms with van der Waals surface area (Å²) < 4.78 is 1.61. The van der Waals surface area contributed by atoms with Gasteiger partial charge in [0.2, 0.25) is 0 Å². The van der Waals surface area contributed by atoms with Crippen LogP contribution in [0.25, 0.3) is 5.78 Å². The van der Waals surface area contributed by atoms with Gasteiger partial charge in [0.15, 0.2) is 0 Å². The second kappa shape index (κ2) is 5.16. The largest absolute Gasteiger partial charge is 0.366 e. The molecule has 0 spiro atoms. The Morgan fingerprint density at radius 1 is 1.33 bits per heavy atom. The highest BCUT2D eigenvalue weighted by Gasteiger charge is 2.07. The van der Waals surface area contributed by atoms with Crippen LogP contribution in [0.3, 0.4) is 0 Å². The maximum absolute atomic E-state index is 10.6. The van der Waals surface area contributed by atoms with Crippen LogP contribution in [0.15, 0.2) is 36.7 Å². The molecule has 8 nitrogen and oxygen atoms in total. The zero-order chi connectivity index (χ0) is 14.8. The molecule has 2 aromatic heterocycles. The van der Waals surface area contributed by atoms with Crippen LogP contribution in [0.1, 0.15) is 11.3 Å². The fourth-order valence-corrected chi connectivity index (χ4v) is 1.98. The van der Waals surface area contributed by atoms with E-state index in [4.69, 9.17) is 0 Å². The minimum atomic E-state index is -0.414. The molecular formula is C13H12N6O2. The Morgan fingerprint density at radius 3 is 2.81 bits per heavy atom. The number of hydrogen-bond acceptors (Lipinski definition) is 6. The highest BCUT2D eigenvalue weighted by molar-refractivity contribution is 5.45. The molecule has 2 heterocycles. The van der Waals surface area contributed by atoms with E-state index in [9.17, 15) is 10.1 Å². The number of aryl methyl sites for hydroxylation is 1. The third-order valence-corrected chi connectivity index (χ3v) is 3.00. The highest BCUT2D eigenvalue weighted by Crippen LogP contribution is 2.14. The molecule has 0 unspecified atom stereocenters. The second-order valence-electron chi connectivity index (χ2n) is 4.53. The van der Waals surface area contributed by atoms with Crippen molar-refractivity contribution in [2.45, 2.75) is 13.5 Å². The molecule has 3 rings (SSSR count). The molecule has 0 fully saturated rings. The van der Waals surface area contributed by atoms with Crippen LogP contribution < -0.4 is 5.32 Å². The normalized spacial score (nSPS) is 10.7. The average Bonchev–Trinajstić information content (AvgIpc) is 2.93. The number of rotatable bonds is 4. The smallest absolute Gasteiger partial charge is 0.269 e. The van der Waals surface area contributed by atoms with E-state index in [1.165, 1.54) is 18.5 Å². The summed E-state index contributed by atoms with van der Waals surface area (Å²) in [4.78, 5) is 18.5. The molecule has 1 N–H and O–H groups in total. The van der Waals surface area contributed by atoms with E-state index in [1.807, 2.05) is 13.0 Å². The summed E-state index contributed by atoms with van der Waals surface area (Å²) in [6, 6.07) is 8.28. The van der Waals surface area contributed by atoms with Gasteiger partial charge in [0.25, 0.3) is 11.5 Å². The van der Waals surface area contributed by atoms with E-state index in [0.717, 1.165) is 17.1 Å². The van der Waals surface area contributed by atoms with Gasteiger partial charge in [0, 0.05) is 30.4 Å². The molecule has 0 aliphatic rings. The maximum Gasteiger partial charge on any atom is 0.269 e. The van der Waals surface area contributed by atoms with Gasteiger partial charge in [-0.15, -0.1) is 0 Å². The number of fused-ring (bicyclic) bond motifs is 1. The van der Waals surface area contributed by atoms with Crippen molar-refractivity contribution in [2.75, 3.05) is 5.32 Å². The van der Waals surface area contributed by atoms with E-state index in [1.54, 1.807) is 16.6 Å².